The third-order valence-corrected chi connectivity index (χ3v) is 2.49. The largest absolute Gasteiger partial charge is 0.441 e. The summed E-state index contributed by atoms with van der Waals surface area (Å²) < 4.78 is 80.8. The fourth-order valence-electron chi connectivity index (χ4n) is 1.59. The Morgan fingerprint density at radius 1 is 0.900 bits per heavy atom. The lowest BCUT2D eigenvalue weighted by Gasteiger charge is -2.13. The lowest BCUT2D eigenvalue weighted by Crippen LogP contribution is -2.11. The van der Waals surface area contributed by atoms with Crippen LogP contribution < -0.4 is 0 Å². The molecule has 0 aliphatic carbocycles. The van der Waals surface area contributed by atoms with Gasteiger partial charge in [0.05, 0.1) is 17.3 Å². The Morgan fingerprint density at radius 3 is 1.75 bits per heavy atom. The van der Waals surface area contributed by atoms with Gasteiger partial charge in [-0.25, -0.2) is 4.98 Å². The summed E-state index contributed by atoms with van der Waals surface area (Å²) in [4.78, 5) is 3.65. The third-order valence-electron chi connectivity index (χ3n) is 2.49. The molecule has 0 saturated heterocycles. The van der Waals surface area contributed by atoms with Crippen LogP contribution in [0.2, 0.25) is 0 Å². The minimum absolute atomic E-state index is 0.0622. The molecule has 0 fully saturated rings. The molecule has 8 heteroatoms. The smallest absolute Gasteiger partial charge is 0.416 e. The molecular weight excluding hydrogens is 288 g/mol. The lowest BCUT2D eigenvalue weighted by molar-refractivity contribution is -0.143. The van der Waals surface area contributed by atoms with Crippen molar-refractivity contribution in [1.82, 2.24) is 4.98 Å². The van der Waals surface area contributed by atoms with E-state index in [1.165, 1.54) is 6.92 Å². The van der Waals surface area contributed by atoms with E-state index in [9.17, 15) is 26.3 Å². The van der Waals surface area contributed by atoms with Crippen molar-refractivity contribution in [2.75, 3.05) is 0 Å². The van der Waals surface area contributed by atoms with Gasteiger partial charge in [-0.15, -0.1) is 0 Å². The SMILES string of the molecule is Cc1ncc(-c2cc(C(F)(F)F)cc(C(F)(F)F)c2)o1. The minimum atomic E-state index is -4.88. The van der Waals surface area contributed by atoms with Crippen LogP contribution in [0.15, 0.2) is 28.8 Å². The van der Waals surface area contributed by atoms with Crippen LogP contribution >= 0.6 is 0 Å². The molecule has 20 heavy (non-hydrogen) atoms. The van der Waals surface area contributed by atoms with E-state index in [2.05, 4.69) is 4.98 Å². The summed E-state index contributed by atoms with van der Waals surface area (Å²) in [5.74, 6) is -0.00919. The summed E-state index contributed by atoms with van der Waals surface area (Å²) in [5.41, 5.74) is -3.11. The normalized spacial score (nSPS) is 12.8. The molecule has 0 aliphatic rings. The Morgan fingerprint density at radius 2 is 1.40 bits per heavy atom. The predicted octanol–water partition coefficient (Wildman–Crippen LogP) is 4.69. The number of oxazole rings is 1. The third kappa shape index (κ3) is 2.94. The molecule has 2 aromatic rings. The van der Waals surface area contributed by atoms with Crippen LogP contribution in [0.1, 0.15) is 17.0 Å². The Hall–Kier alpha value is -1.99. The summed E-state index contributed by atoms with van der Waals surface area (Å²) in [7, 11) is 0. The first-order chi connectivity index (χ1) is 9.07. The van der Waals surface area contributed by atoms with Gasteiger partial charge in [0.1, 0.15) is 0 Å². The van der Waals surface area contributed by atoms with Crippen LogP contribution in [0.25, 0.3) is 11.3 Å². The summed E-state index contributed by atoms with van der Waals surface area (Å²) >= 11 is 0. The molecule has 1 aromatic heterocycles. The van der Waals surface area contributed by atoms with Crippen molar-refractivity contribution in [1.29, 1.82) is 0 Å². The monoisotopic (exact) mass is 295 g/mol. The zero-order chi connectivity index (χ0) is 15.1. The highest BCUT2D eigenvalue weighted by molar-refractivity contribution is 5.59. The van der Waals surface area contributed by atoms with E-state index in [0.29, 0.717) is 12.1 Å². The molecule has 0 spiro atoms. The molecule has 108 valence electrons. The number of nitrogens with zero attached hydrogens (tertiary/aromatic N) is 1. The molecule has 0 bridgehead atoms. The van der Waals surface area contributed by atoms with Crippen molar-refractivity contribution in [3.8, 4) is 11.3 Å². The average Bonchev–Trinajstić information content (AvgIpc) is 2.73. The highest BCUT2D eigenvalue weighted by Crippen LogP contribution is 2.38. The summed E-state index contributed by atoms with van der Waals surface area (Å²) in [6.07, 6.45) is -8.69. The molecule has 2 nitrogen and oxygen atoms in total. The van der Waals surface area contributed by atoms with Crippen molar-refractivity contribution in [2.45, 2.75) is 19.3 Å². The second kappa shape index (κ2) is 4.53. The standard InChI is InChI=1S/C12H7F6NO/c1-6-19-5-10(20-6)7-2-8(11(13,14)15)4-9(3-7)12(16,17)18/h2-5H,1H3. The van der Waals surface area contributed by atoms with Gasteiger partial charge in [0.2, 0.25) is 0 Å². The van der Waals surface area contributed by atoms with Crippen LogP contribution in [0.3, 0.4) is 0 Å². The number of hydrogen-bond donors (Lipinski definition) is 0. The van der Waals surface area contributed by atoms with Gasteiger partial charge < -0.3 is 4.42 Å². The Kier molecular flexibility index (Phi) is 3.27. The number of alkyl halides is 6. The number of benzene rings is 1. The van der Waals surface area contributed by atoms with Gasteiger partial charge in [0.25, 0.3) is 0 Å². The van der Waals surface area contributed by atoms with Crippen LogP contribution in [0.5, 0.6) is 0 Å². The van der Waals surface area contributed by atoms with Crippen molar-refractivity contribution in [3.05, 3.63) is 41.4 Å². The van der Waals surface area contributed by atoms with Gasteiger partial charge in [0.15, 0.2) is 11.7 Å². The molecule has 0 atom stereocenters. The second-order valence-corrected chi connectivity index (χ2v) is 4.04. The van der Waals surface area contributed by atoms with Crippen molar-refractivity contribution >= 4 is 0 Å². The van der Waals surface area contributed by atoms with Gasteiger partial charge in [-0.2, -0.15) is 26.3 Å². The summed E-state index contributed by atoms with van der Waals surface area (Å²) in [5, 5.41) is 0. The molecule has 0 saturated carbocycles. The van der Waals surface area contributed by atoms with E-state index in [0.717, 1.165) is 6.20 Å². The van der Waals surface area contributed by atoms with Crippen LogP contribution in [0, 0.1) is 6.92 Å². The van der Waals surface area contributed by atoms with Crippen molar-refractivity contribution in [3.63, 3.8) is 0 Å². The topological polar surface area (TPSA) is 26.0 Å². The summed E-state index contributed by atoms with van der Waals surface area (Å²) in [6, 6.07) is 1.25. The first kappa shape index (κ1) is 14.4. The maximum Gasteiger partial charge on any atom is 0.416 e. The zero-order valence-electron chi connectivity index (χ0n) is 9.93. The molecule has 0 unspecified atom stereocenters. The molecule has 1 heterocycles. The van der Waals surface area contributed by atoms with Crippen LogP contribution in [-0.4, -0.2) is 4.98 Å². The van der Waals surface area contributed by atoms with Crippen molar-refractivity contribution in [2.24, 2.45) is 0 Å². The van der Waals surface area contributed by atoms with E-state index in [4.69, 9.17) is 4.42 Å². The van der Waals surface area contributed by atoms with Gasteiger partial charge >= 0.3 is 12.4 Å². The minimum Gasteiger partial charge on any atom is -0.441 e. The molecule has 2 rings (SSSR count). The predicted molar refractivity (Wildman–Crippen MR) is 56.7 cm³/mol. The number of hydrogen-bond acceptors (Lipinski definition) is 2. The fourth-order valence-corrected chi connectivity index (χ4v) is 1.59. The van der Waals surface area contributed by atoms with E-state index >= 15 is 0 Å². The molecule has 0 aliphatic heterocycles. The zero-order valence-corrected chi connectivity index (χ0v) is 9.93. The quantitative estimate of drug-likeness (QED) is 0.713. The second-order valence-electron chi connectivity index (χ2n) is 4.04. The van der Waals surface area contributed by atoms with Gasteiger partial charge in [-0.05, 0) is 18.2 Å². The Labute approximate surface area is 109 Å². The molecular formula is C12H7F6NO. The Balaban J connectivity index is 2.63. The van der Waals surface area contributed by atoms with Crippen molar-refractivity contribution < 1.29 is 30.8 Å². The lowest BCUT2D eigenvalue weighted by atomic mass is 10.0. The fraction of sp³-hybridized carbons (Fsp3) is 0.250. The Bertz CT molecular complexity index is 593. The maximum absolute atomic E-state index is 12.6. The molecule has 0 N–H and O–H groups in total. The van der Waals surface area contributed by atoms with Crippen LogP contribution in [0.4, 0.5) is 26.3 Å². The highest BCUT2D eigenvalue weighted by Gasteiger charge is 2.37. The van der Waals surface area contributed by atoms with Gasteiger partial charge in [-0.1, -0.05) is 0 Å². The first-order valence-electron chi connectivity index (χ1n) is 5.29. The van der Waals surface area contributed by atoms with E-state index in [1.807, 2.05) is 0 Å². The maximum atomic E-state index is 12.6. The van der Waals surface area contributed by atoms with E-state index in [1.54, 1.807) is 0 Å². The summed E-state index contributed by atoms with van der Waals surface area (Å²) in [6.45, 7) is 1.43. The average molecular weight is 295 g/mol. The number of aryl methyl sites for hydroxylation is 1. The number of rotatable bonds is 1. The first-order valence-corrected chi connectivity index (χ1v) is 5.29. The molecule has 0 amide bonds. The van der Waals surface area contributed by atoms with E-state index in [-0.39, 0.29) is 23.3 Å². The molecule has 0 radical (unpaired) electrons. The number of aromatic nitrogens is 1. The van der Waals surface area contributed by atoms with E-state index < -0.39 is 23.5 Å². The highest BCUT2D eigenvalue weighted by atomic mass is 19.4. The molecule has 1 aromatic carbocycles. The number of halogens is 6. The van der Waals surface area contributed by atoms with Gasteiger partial charge in [0, 0.05) is 12.5 Å². The van der Waals surface area contributed by atoms with Gasteiger partial charge in [-0.3, -0.25) is 0 Å². The van der Waals surface area contributed by atoms with Crippen LogP contribution in [-0.2, 0) is 12.4 Å².